The highest BCUT2D eigenvalue weighted by Crippen LogP contribution is 2.27. The second kappa shape index (κ2) is 9.88. The van der Waals surface area contributed by atoms with Crippen molar-refractivity contribution < 1.29 is 13.9 Å². The molecule has 0 unspecified atom stereocenters. The van der Waals surface area contributed by atoms with E-state index in [9.17, 15) is 4.79 Å². The first-order valence-corrected chi connectivity index (χ1v) is 8.35. The van der Waals surface area contributed by atoms with Crippen LogP contribution in [-0.2, 0) is 11.3 Å². The Kier molecular flexibility index (Phi) is 8.54. The molecule has 1 aliphatic rings. The van der Waals surface area contributed by atoms with Crippen LogP contribution >= 0.6 is 24.0 Å². The molecule has 0 radical (unpaired) electrons. The van der Waals surface area contributed by atoms with Gasteiger partial charge < -0.3 is 24.7 Å². The number of ether oxygens (including phenoxy) is 1. The van der Waals surface area contributed by atoms with E-state index in [1.165, 1.54) is 0 Å². The fourth-order valence-electron chi connectivity index (χ4n) is 2.23. The van der Waals surface area contributed by atoms with Crippen molar-refractivity contribution in [1.29, 1.82) is 0 Å². The Morgan fingerprint density at radius 1 is 1.40 bits per heavy atom. The van der Waals surface area contributed by atoms with E-state index in [0.717, 1.165) is 18.6 Å². The van der Waals surface area contributed by atoms with E-state index in [1.54, 1.807) is 18.2 Å². The van der Waals surface area contributed by atoms with Crippen molar-refractivity contribution in [1.82, 2.24) is 15.5 Å². The normalized spacial score (nSPS) is 14.5. The number of rotatable bonds is 6. The zero-order valence-electron chi connectivity index (χ0n) is 15.4. The number of halogens is 1. The third-order valence-corrected chi connectivity index (χ3v) is 3.49. The summed E-state index contributed by atoms with van der Waals surface area (Å²) in [5.41, 5.74) is -0.474. The van der Waals surface area contributed by atoms with Crippen LogP contribution in [0.5, 0.6) is 0 Å². The average molecular weight is 464 g/mol. The predicted octanol–water partition coefficient (Wildman–Crippen LogP) is 2.96. The van der Waals surface area contributed by atoms with Gasteiger partial charge in [0.05, 0.1) is 12.8 Å². The van der Waals surface area contributed by atoms with Crippen LogP contribution < -0.4 is 10.6 Å². The first-order valence-electron chi connectivity index (χ1n) is 8.35. The number of amides is 1. The quantitative estimate of drug-likeness (QED) is 0.385. The molecule has 1 fully saturated rings. The summed E-state index contributed by atoms with van der Waals surface area (Å²) in [4.78, 5) is 18.3. The number of nitrogens with zero attached hydrogens (tertiary/aromatic N) is 2. The van der Waals surface area contributed by atoms with Crippen LogP contribution in [0.25, 0.3) is 0 Å². The molecule has 0 aliphatic heterocycles. The van der Waals surface area contributed by atoms with E-state index in [0.29, 0.717) is 31.6 Å². The largest absolute Gasteiger partial charge is 0.467 e. The van der Waals surface area contributed by atoms with Crippen LogP contribution in [-0.4, -0.2) is 48.7 Å². The molecular weight excluding hydrogens is 435 g/mol. The van der Waals surface area contributed by atoms with Crippen molar-refractivity contribution >= 4 is 36.0 Å². The van der Waals surface area contributed by atoms with Crippen molar-refractivity contribution in [3.8, 4) is 0 Å². The van der Waals surface area contributed by atoms with Crippen molar-refractivity contribution in [2.45, 2.75) is 51.8 Å². The van der Waals surface area contributed by atoms with Gasteiger partial charge in [-0.15, -0.1) is 24.0 Å². The van der Waals surface area contributed by atoms with Gasteiger partial charge >= 0.3 is 6.09 Å². The molecular formula is C17H29IN4O3. The van der Waals surface area contributed by atoms with Gasteiger partial charge in [0.25, 0.3) is 0 Å². The number of carbonyl (C=O) groups excluding carboxylic acids is 1. The Balaban J connectivity index is 0.00000312. The lowest BCUT2D eigenvalue weighted by Crippen LogP contribution is -2.45. The summed E-state index contributed by atoms with van der Waals surface area (Å²) in [6.07, 6.45) is 3.49. The fourth-order valence-corrected chi connectivity index (χ4v) is 2.23. The summed E-state index contributed by atoms with van der Waals surface area (Å²) in [5.74, 6) is 1.51. The molecule has 1 amide bonds. The van der Waals surface area contributed by atoms with Crippen molar-refractivity contribution in [3.05, 3.63) is 24.2 Å². The van der Waals surface area contributed by atoms with Crippen LogP contribution in [0.3, 0.4) is 0 Å². The number of hydrogen-bond donors (Lipinski definition) is 2. The van der Waals surface area contributed by atoms with Crippen LogP contribution in [0.1, 0.15) is 39.4 Å². The molecule has 0 bridgehead atoms. The zero-order valence-corrected chi connectivity index (χ0v) is 17.7. The second-order valence-corrected chi connectivity index (χ2v) is 6.84. The number of aliphatic imine (C=N–C) groups is 1. The number of hydrogen-bond acceptors (Lipinski definition) is 4. The third kappa shape index (κ3) is 7.98. The van der Waals surface area contributed by atoms with Gasteiger partial charge in [0.1, 0.15) is 11.4 Å². The van der Waals surface area contributed by atoms with Gasteiger partial charge in [-0.2, -0.15) is 0 Å². The third-order valence-electron chi connectivity index (χ3n) is 3.49. The summed E-state index contributed by atoms with van der Waals surface area (Å²) >= 11 is 0. The summed E-state index contributed by atoms with van der Waals surface area (Å²) in [7, 11) is 1.71. The lowest BCUT2D eigenvalue weighted by atomic mass is 10.2. The van der Waals surface area contributed by atoms with Gasteiger partial charge in [0, 0.05) is 26.2 Å². The monoisotopic (exact) mass is 464 g/mol. The second-order valence-electron chi connectivity index (χ2n) is 6.84. The molecule has 1 aromatic heterocycles. The molecule has 0 spiro atoms. The number of guanidine groups is 1. The molecule has 8 heteroatoms. The smallest absolute Gasteiger partial charge is 0.410 e. The van der Waals surface area contributed by atoms with E-state index < -0.39 is 5.60 Å². The van der Waals surface area contributed by atoms with Gasteiger partial charge in [-0.3, -0.25) is 4.99 Å². The van der Waals surface area contributed by atoms with E-state index in [4.69, 9.17) is 9.15 Å². The summed E-state index contributed by atoms with van der Waals surface area (Å²) < 4.78 is 10.8. The summed E-state index contributed by atoms with van der Waals surface area (Å²) in [6.45, 7) is 7.40. The summed E-state index contributed by atoms with van der Waals surface area (Å²) in [5, 5.41) is 6.38. The molecule has 1 heterocycles. The van der Waals surface area contributed by atoms with Crippen LogP contribution in [0, 0.1) is 0 Å². The zero-order chi connectivity index (χ0) is 17.6. The number of nitrogens with one attached hydrogen (secondary N) is 2. The minimum Gasteiger partial charge on any atom is -0.467 e. The Morgan fingerprint density at radius 3 is 2.64 bits per heavy atom. The predicted molar refractivity (Wildman–Crippen MR) is 108 cm³/mol. The molecule has 1 saturated carbocycles. The van der Waals surface area contributed by atoms with Gasteiger partial charge in [-0.25, -0.2) is 4.79 Å². The fraction of sp³-hybridized carbons (Fsp3) is 0.647. The molecule has 7 nitrogen and oxygen atoms in total. The van der Waals surface area contributed by atoms with Crippen molar-refractivity contribution in [2.75, 3.05) is 20.1 Å². The molecule has 0 atom stereocenters. The highest BCUT2D eigenvalue weighted by Gasteiger charge is 2.34. The average Bonchev–Trinajstić information content (AvgIpc) is 3.19. The first-order chi connectivity index (χ1) is 11.4. The Bertz CT molecular complexity index is 551. The number of furan rings is 1. The molecule has 1 aromatic rings. The first kappa shape index (κ1) is 21.6. The van der Waals surface area contributed by atoms with Crippen LogP contribution in [0.4, 0.5) is 4.79 Å². The molecule has 1 aliphatic carbocycles. The Hall–Kier alpha value is -1.45. The minimum atomic E-state index is -0.474. The van der Waals surface area contributed by atoms with Gasteiger partial charge in [-0.05, 0) is 45.7 Å². The topological polar surface area (TPSA) is 79.1 Å². The minimum absolute atomic E-state index is 0. The van der Waals surface area contributed by atoms with Gasteiger partial charge in [-0.1, -0.05) is 0 Å². The van der Waals surface area contributed by atoms with Gasteiger partial charge in [0.2, 0.25) is 0 Å². The van der Waals surface area contributed by atoms with Crippen molar-refractivity contribution in [2.24, 2.45) is 4.99 Å². The van der Waals surface area contributed by atoms with E-state index >= 15 is 0 Å². The van der Waals surface area contributed by atoms with E-state index in [-0.39, 0.29) is 30.1 Å². The molecule has 25 heavy (non-hydrogen) atoms. The highest BCUT2D eigenvalue weighted by atomic mass is 127. The highest BCUT2D eigenvalue weighted by molar-refractivity contribution is 14.0. The van der Waals surface area contributed by atoms with E-state index in [1.807, 2.05) is 32.9 Å². The lowest BCUT2D eigenvalue weighted by molar-refractivity contribution is 0.0238. The molecule has 142 valence electrons. The maximum Gasteiger partial charge on any atom is 0.410 e. The molecule has 0 aromatic carbocycles. The number of carbonyl (C=O) groups is 1. The van der Waals surface area contributed by atoms with Crippen LogP contribution in [0.2, 0.25) is 0 Å². The van der Waals surface area contributed by atoms with E-state index in [2.05, 4.69) is 15.6 Å². The Labute approximate surface area is 166 Å². The van der Waals surface area contributed by atoms with Gasteiger partial charge in [0.15, 0.2) is 5.96 Å². The molecule has 0 saturated heterocycles. The standard InChI is InChI=1S/C17H28N4O3.HI/c1-17(2,3)24-16(22)21(13-7-8-13)10-9-19-15(18-4)20-12-14-6-5-11-23-14;/h5-6,11,13H,7-10,12H2,1-4H3,(H2,18,19,20);1H. The van der Waals surface area contributed by atoms with Crippen molar-refractivity contribution in [3.63, 3.8) is 0 Å². The molecule has 2 rings (SSSR count). The Morgan fingerprint density at radius 2 is 2.12 bits per heavy atom. The van der Waals surface area contributed by atoms with Crippen LogP contribution in [0.15, 0.2) is 27.8 Å². The maximum absolute atomic E-state index is 12.3. The lowest BCUT2D eigenvalue weighted by Gasteiger charge is -2.27. The SMILES string of the molecule is CN=C(NCCN(C(=O)OC(C)(C)C)C1CC1)NCc1ccco1.I. The summed E-state index contributed by atoms with van der Waals surface area (Å²) in [6, 6.07) is 4.05. The molecule has 2 N–H and O–H groups in total. The maximum atomic E-state index is 12.3.